The number of hydrogen-bond donors (Lipinski definition) is 2. The Bertz CT molecular complexity index is 780. The van der Waals surface area contributed by atoms with Gasteiger partial charge in [-0.25, -0.2) is 0 Å². The van der Waals surface area contributed by atoms with Crippen LogP contribution >= 0.6 is 24.0 Å². The van der Waals surface area contributed by atoms with Gasteiger partial charge in [0.1, 0.15) is 5.75 Å². The number of ether oxygens (including phenoxy) is 1. The van der Waals surface area contributed by atoms with Crippen LogP contribution in [0.1, 0.15) is 21.5 Å². The number of para-hydroxylation sites is 1. The zero-order valence-electron chi connectivity index (χ0n) is 16.2. The summed E-state index contributed by atoms with van der Waals surface area (Å²) in [6.45, 7) is 1.25. The van der Waals surface area contributed by atoms with E-state index in [1.54, 1.807) is 27.3 Å². The molecule has 1 amide bonds. The molecule has 0 saturated carbocycles. The number of nitrogens with zero attached hydrogens (tertiary/aromatic N) is 2. The summed E-state index contributed by atoms with van der Waals surface area (Å²) >= 11 is 0. The Kier molecular flexibility index (Phi) is 9.63. The molecule has 27 heavy (non-hydrogen) atoms. The van der Waals surface area contributed by atoms with Gasteiger partial charge >= 0.3 is 0 Å². The summed E-state index contributed by atoms with van der Waals surface area (Å²) in [5.41, 5.74) is 2.74. The third kappa shape index (κ3) is 6.42. The fraction of sp³-hybridized carbons (Fsp3) is 0.300. The van der Waals surface area contributed by atoms with Crippen LogP contribution in [-0.4, -0.2) is 45.0 Å². The molecule has 0 atom stereocenters. The number of carbonyl (C=O) groups excluding carboxylic acids is 1. The number of hydrogen-bond acceptors (Lipinski definition) is 3. The predicted octanol–water partition coefficient (Wildman–Crippen LogP) is 2.88. The number of rotatable bonds is 6. The number of aliphatic imine (C=N–C) groups is 1. The van der Waals surface area contributed by atoms with Gasteiger partial charge in [0, 0.05) is 45.4 Å². The summed E-state index contributed by atoms with van der Waals surface area (Å²) in [7, 11) is 7.03. The standard InChI is InChI=1S/C20H26N4O2.HI/c1-21-19(25)16-10-7-8-15(12-16)13-23-20(22-2)24(3)14-17-9-5-6-11-18(17)26-4;/h5-12H,13-14H2,1-4H3,(H,21,25)(H,22,23);1H. The van der Waals surface area contributed by atoms with Crippen molar-refractivity contribution >= 4 is 35.8 Å². The van der Waals surface area contributed by atoms with Crippen LogP contribution in [0.25, 0.3) is 0 Å². The molecule has 0 fully saturated rings. The van der Waals surface area contributed by atoms with Crippen LogP contribution in [0.3, 0.4) is 0 Å². The van der Waals surface area contributed by atoms with E-state index in [1.165, 1.54) is 0 Å². The molecule has 0 aromatic heterocycles. The Labute approximate surface area is 178 Å². The number of amides is 1. The minimum absolute atomic E-state index is 0. The smallest absolute Gasteiger partial charge is 0.251 e. The highest BCUT2D eigenvalue weighted by atomic mass is 127. The van der Waals surface area contributed by atoms with Crippen molar-refractivity contribution in [3.8, 4) is 5.75 Å². The molecule has 2 N–H and O–H groups in total. The molecule has 0 bridgehead atoms. The molecule has 0 heterocycles. The Balaban J connectivity index is 0.00000364. The van der Waals surface area contributed by atoms with Gasteiger partial charge in [0.25, 0.3) is 5.91 Å². The van der Waals surface area contributed by atoms with E-state index >= 15 is 0 Å². The van der Waals surface area contributed by atoms with Gasteiger partial charge in [-0.2, -0.15) is 0 Å². The van der Waals surface area contributed by atoms with Crippen molar-refractivity contribution < 1.29 is 9.53 Å². The first-order valence-corrected chi connectivity index (χ1v) is 8.43. The number of nitrogens with one attached hydrogen (secondary N) is 2. The van der Waals surface area contributed by atoms with Crippen molar-refractivity contribution in [2.75, 3.05) is 28.3 Å². The van der Waals surface area contributed by atoms with Crippen molar-refractivity contribution in [3.05, 3.63) is 65.2 Å². The van der Waals surface area contributed by atoms with E-state index in [0.29, 0.717) is 18.7 Å². The molecule has 146 valence electrons. The van der Waals surface area contributed by atoms with Gasteiger partial charge in [0.05, 0.1) is 7.11 Å². The van der Waals surface area contributed by atoms with Crippen LogP contribution in [0.4, 0.5) is 0 Å². The van der Waals surface area contributed by atoms with Crippen LogP contribution in [0.2, 0.25) is 0 Å². The number of halogens is 1. The second-order valence-electron chi connectivity index (χ2n) is 5.85. The molecule has 0 saturated heterocycles. The van der Waals surface area contributed by atoms with Gasteiger partial charge in [-0.05, 0) is 23.8 Å². The van der Waals surface area contributed by atoms with Gasteiger partial charge in [0.15, 0.2) is 5.96 Å². The molecule has 0 aliphatic rings. The molecular formula is C20H27IN4O2. The Hall–Kier alpha value is -2.29. The van der Waals surface area contributed by atoms with E-state index in [1.807, 2.05) is 54.4 Å². The monoisotopic (exact) mass is 482 g/mol. The fourth-order valence-electron chi connectivity index (χ4n) is 2.70. The lowest BCUT2D eigenvalue weighted by molar-refractivity contribution is 0.0963. The van der Waals surface area contributed by atoms with Crippen molar-refractivity contribution in [1.82, 2.24) is 15.5 Å². The highest BCUT2D eigenvalue weighted by Gasteiger charge is 2.10. The molecule has 2 aromatic carbocycles. The maximum absolute atomic E-state index is 11.8. The van der Waals surface area contributed by atoms with Gasteiger partial charge < -0.3 is 20.3 Å². The van der Waals surface area contributed by atoms with Crippen LogP contribution in [0.5, 0.6) is 5.75 Å². The average Bonchev–Trinajstić information content (AvgIpc) is 2.68. The van der Waals surface area contributed by atoms with Crippen LogP contribution in [-0.2, 0) is 13.1 Å². The Morgan fingerprint density at radius 3 is 2.59 bits per heavy atom. The minimum Gasteiger partial charge on any atom is -0.496 e. The summed E-state index contributed by atoms with van der Waals surface area (Å²) < 4.78 is 5.41. The van der Waals surface area contributed by atoms with Crippen molar-refractivity contribution in [1.29, 1.82) is 0 Å². The molecule has 0 aliphatic carbocycles. The van der Waals surface area contributed by atoms with E-state index in [4.69, 9.17) is 4.74 Å². The molecule has 2 rings (SSSR count). The molecule has 0 spiro atoms. The highest BCUT2D eigenvalue weighted by molar-refractivity contribution is 14.0. The second-order valence-corrected chi connectivity index (χ2v) is 5.85. The lowest BCUT2D eigenvalue weighted by atomic mass is 10.1. The van der Waals surface area contributed by atoms with E-state index in [2.05, 4.69) is 15.6 Å². The largest absolute Gasteiger partial charge is 0.496 e. The van der Waals surface area contributed by atoms with E-state index in [0.717, 1.165) is 22.8 Å². The molecular weight excluding hydrogens is 455 g/mol. The van der Waals surface area contributed by atoms with E-state index in [9.17, 15) is 4.79 Å². The molecule has 7 heteroatoms. The zero-order chi connectivity index (χ0) is 18.9. The number of benzene rings is 2. The maximum atomic E-state index is 11.8. The molecule has 0 unspecified atom stereocenters. The fourth-order valence-corrected chi connectivity index (χ4v) is 2.70. The topological polar surface area (TPSA) is 66.0 Å². The van der Waals surface area contributed by atoms with Crippen LogP contribution < -0.4 is 15.4 Å². The first-order valence-electron chi connectivity index (χ1n) is 8.43. The molecule has 6 nitrogen and oxygen atoms in total. The van der Waals surface area contributed by atoms with Crippen LogP contribution in [0, 0.1) is 0 Å². The number of carbonyl (C=O) groups is 1. The normalized spacial score (nSPS) is 10.6. The number of methoxy groups -OCH3 is 1. The molecule has 0 aliphatic heterocycles. The van der Waals surface area contributed by atoms with Gasteiger partial charge in [-0.3, -0.25) is 9.79 Å². The van der Waals surface area contributed by atoms with E-state index < -0.39 is 0 Å². The van der Waals surface area contributed by atoms with Crippen LogP contribution in [0.15, 0.2) is 53.5 Å². The zero-order valence-corrected chi connectivity index (χ0v) is 18.5. The first kappa shape index (κ1) is 22.8. The third-order valence-electron chi connectivity index (χ3n) is 4.04. The highest BCUT2D eigenvalue weighted by Crippen LogP contribution is 2.18. The van der Waals surface area contributed by atoms with Crippen molar-refractivity contribution in [2.24, 2.45) is 4.99 Å². The van der Waals surface area contributed by atoms with Crippen molar-refractivity contribution in [3.63, 3.8) is 0 Å². The molecule has 2 aromatic rings. The summed E-state index contributed by atoms with van der Waals surface area (Å²) in [6, 6.07) is 15.5. The first-order chi connectivity index (χ1) is 12.6. The second kappa shape index (κ2) is 11.4. The Morgan fingerprint density at radius 2 is 1.93 bits per heavy atom. The van der Waals surface area contributed by atoms with Gasteiger partial charge in [0.2, 0.25) is 0 Å². The maximum Gasteiger partial charge on any atom is 0.251 e. The molecule has 0 radical (unpaired) electrons. The SMILES string of the molecule is CN=C(NCc1cccc(C(=O)NC)c1)N(C)Cc1ccccc1OC.I. The van der Waals surface area contributed by atoms with Gasteiger partial charge in [-0.1, -0.05) is 30.3 Å². The van der Waals surface area contributed by atoms with Gasteiger partial charge in [-0.15, -0.1) is 24.0 Å². The van der Waals surface area contributed by atoms with Crippen molar-refractivity contribution in [2.45, 2.75) is 13.1 Å². The summed E-state index contributed by atoms with van der Waals surface area (Å²) in [5, 5.41) is 5.97. The third-order valence-corrected chi connectivity index (χ3v) is 4.04. The van der Waals surface area contributed by atoms with E-state index in [-0.39, 0.29) is 29.9 Å². The predicted molar refractivity (Wildman–Crippen MR) is 120 cm³/mol. The minimum atomic E-state index is -0.0930. The summed E-state index contributed by atoms with van der Waals surface area (Å²) in [6.07, 6.45) is 0. The average molecular weight is 482 g/mol. The lowest BCUT2D eigenvalue weighted by Crippen LogP contribution is -2.38. The Morgan fingerprint density at radius 1 is 1.19 bits per heavy atom. The summed E-state index contributed by atoms with van der Waals surface area (Å²) in [5.74, 6) is 1.53. The summed E-state index contributed by atoms with van der Waals surface area (Å²) in [4.78, 5) is 18.1. The quantitative estimate of drug-likeness (QED) is 0.378. The lowest BCUT2D eigenvalue weighted by Gasteiger charge is -2.23. The number of guanidine groups is 1.